The van der Waals surface area contributed by atoms with Gasteiger partial charge in [0.25, 0.3) is 0 Å². The summed E-state index contributed by atoms with van der Waals surface area (Å²) >= 11 is 0. The molecule has 1 atom stereocenters. The fraction of sp³-hybridized carbons (Fsp3) is 0.304. The van der Waals surface area contributed by atoms with Gasteiger partial charge in [-0.1, -0.05) is 60.7 Å². The number of benzene rings is 2. The molecule has 0 saturated carbocycles. The lowest BCUT2D eigenvalue weighted by atomic mass is 9.99. The van der Waals surface area contributed by atoms with Gasteiger partial charge in [-0.2, -0.15) is 0 Å². The number of aromatic nitrogens is 2. The molecular formula is C23H24N2O5. The van der Waals surface area contributed by atoms with E-state index in [0.717, 1.165) is 5.56 Å². The summed E-state index contributed by atoms with van der Waals surface area (Å²) in [6.07, 6.45) is -0.176. The van der Waals surface area contributed by atoms with Gasteiger partial charge >= 0.3 is 11.9 Å². The van der Waals surface area contributed by atoms with Crippen LogP contribution in [0.1, 0.15) is 49.6 Å². The van der Waals surface area contributed by atoms with E-state index in [-0.39, 0.29) is 24.8 Å². The molecule has 30 heavy (non-hydrogen) atoms. The van der Waals surface area contributed by atoms with Crippen molar-refractivity contribution in [1.29, 1.82) is 0 Å². The Bertz CT molecular complexity index is 978. The standard InChI is InChI=1S/C23H24N2O5/c1-23(2,3)30-19(26)14-18-24-25-21(29-18)20(17-12-8-5-9-13-17)22(27)28-15-16-10-6-4-7-11-16/h4-13,20H,14-15H2,1-3H3. The third kappa shape index (κ3) is 6.01. The maximum Gasteiger partial charge on any atom is 0.323 e. The first-order valence-electron chi connectivity index (χ1n) is 9.61. The van der Waals surface area contributed by atoms with Gasteiger partial charge in [0.15, 0.2) is 5.92 Å². The number of carbonyl (C=O) groups is 2. The third-order valence-electron chi connectivity index (χ3n) is 4.04. The molecule has 7 nitrogen and oxygen atoms in total. The Morgan fingerprint density at radius 2 is 1.60 bits per heavy atom. The van der Waals surface area contributed by atoms with Gasteiger partial charge < -0.3 is 13.9 Å². The molecule has 2 aromatic carbocycles. The second kappa shape index (κ2) is 9.35. The van der Waals surface area contributed by atoms with Crippen LogP contribution in [0.5, 0.6) is 0 Å². The average Bonchev–Trinajstić information content (AvgIpc) is 3.14. The van der Waals surface area contributed by atoms with Gasteiger partial charge in [-0.25, -0.2) is 0 Å². The Labute approximate surface area is 175 Å². The Balaban J connectivity index is 1.77. The number of rotatable bonds is 7. The second-order valence-electron chi connectivity index (χ2n) is 7.73. The number of carbonyl (C=O) groups excluding carboxylic acids is 2. The van der Waals surface area contributed by atoms with Crippen LogP contribution in [-0.2, 0) is 32.1 Å². The smallest absolute Gasteiger partial charge is 0.323 e. The van der Waals surface area contributed by atoms with Gasteiger partial charge in [-0.05, 0) is 31.9 Å². The highest BCUT2D eigenvalue weighted by Crippen LogP contribution is 2.26. The largest absolute Gasteiger partial charge is 0.460 e. The van der Waals surface area contributed by atoms with Crippen molar-refractivity contribution in [3.05, 3.63) is 83.6 Å². The lowest BCUT2D eigenvalue weighted by molar-refractivity contribution is -0.154. The Kier molecular flexibility index (Phi) is 6.61. The van der Waals surface area contributed by atoms with E-state index in [1.54, 1.807) is 32.9 Å². The molecule has 0 aliphatic heterocycles. The minimum Gasteiger partial charge on any atom is -0.460 e. The molecule has 7 heteroatoms. The summed E-state index contributed by atoms with van der Waals surface area (Å²) in [5, 5.41) is 7.90. The fourth-order valence-electron chi connectivity index (χ4n) is 2.79. The van der Waals surface area contributed by atoms with Crippen molar-refractivity contribution in [3.8, 4) is 0 Å². The quantitative estimate of drug-likeness (QED) is 0.549. The Morgan fingerprint density at radius 1 is 0.967 bits per heavy atom. The van der Waals surface area contributed by atoms with Gasteiger partial charge in [0.2, 0.25) is 11.8 Å². The van der Waals surface area contributed by atoms with Crippen LogP contribution < -0.4 is 0 Å². The molecular weight excluding hydrogens is 384 g/mol. The molecule has 0 fully saturated rings. The van der Waals surface area contributed by atoms with Gasteiger partial charge in [-0.15, -0.1) is 10.2 Å². The van der Waals surface area contributed by atoms with E-state index in [2.05, 4.69) is 10.2 Å². The van der Waals surface area contributed by atoms with Crippen molar-refractivity contribution in [2.24, 2.45) is 0 Å². The summed E-state index contributed by atoms with van der Waals surface area (Å²) in [6.45, 7) is 5.46. The summed E-state index contributed by atoms with van der Waals surface area (Å²) in [5.74, 6) is -1.75. The van der Waals surface area contributed by atoms with E-state index in [4.69, 9.17) is 13.9 Å². The normalized spacial score (nSPS) is 12.2. The molecule has 1 aromatic heterocycles. The highest BCUT2D eigenvalue weighted by Gasteiger charge is 2.30. The third-order valence-corrected chi connectivity index (χ3v) is 4.04. The summed E-state index contributed by atoms with van der Waals surface area (Å²) in [4.78, 5) is 24.9. The first-order valence-corrected chi connectivity index (χ1v) is 9.61. The van der Waals surface area contributed by atoms with Gasteiger partial charge in [0.1, 0.15) is 18.6 Å². The predicted molar refractivity (Wildman–Crippen MR) is 108 cm³/mol. The molecule has 0 spiro atoms. The van der Waals surface area contributed by atoms with E-state index >= 15 is 0 Å². The van der Waals surface area contributed by atoms with Crippen LogP contribution in [0.4, 0.5) is 0 Å². The molecule has 0 saturated heterocycles. The van der Waals surface area contributed by atoms with E-state index < -0.39 is 23.5 Å². The van der Waals surface area contributed by atoms with E-state index in [1.165, 1.54) is 0 Å². The molecule has 0 bridgehead atoms. The number of hydrogen-bond acceptors (Lipinski definition) is 7. The maximum atomic E-state index is 12.9. The van der Waals surface area contributed by atoms with Gasteiger partial charge in [0, 0.05) is 0 Å². The van der Waals surface area contributed by atoms with Crippen LogP contribution in [-0.4, -0.2) is 27.7 Å². The number of hydrogen-bond donors (Lipinski definition) is 0. The maximum absolute atomic E-state index is 12.9. The van der Waals surface area contributed by atoms with Crippen molar-refractivity contribution in [1.82, 2.24) is 10.2 Å². The van der Waals surface area contributed by atoms with Crippen molar-refractivity contribution in [2.75, 3.05) is 0 Å². The number of esters is 2. The highest BCUT2D eigenvalue weighted by molar-refractivity contribution is 5.81. The summed E-state index contributed by atoms with van der Waals surface area (Å²) in [7, 11) is 0. The Morgan fingerprint density at radius 3 is 2.23 bits per heavy atom. The van der Waals surface area contributed by atoms with Crippen molar-refractivity contribution < 1.29 is 23.5 Å². The zero-order valence-corrected chi connectivity index (χ0v) is 17.2. The summed E-state index contributed by atoms with van der Waals surface area (Å²) in [6, 6.07) is 18.4. The highest BCUT2D eigenvalue weighted by atomic mass is 16.6. The van der Waals surface area contributed by atoms with Crippen molar-refractivity contribution in [2.45, 2.75) is 45.3 Å². The lowest BCUT2D eigenvalue weighted by Crippen LogP contribution is -2.25. The molecule has 1 unspecified atom stereocenters. The molecule has 156 valence electrons. The van der Waals surface area contributed by atoms with Crippen molar-refractivity contribution in [3.63, 3.8) is 0 Å². The van der Waals surface area contributed by atoms with E-state index in [0.29, 0.717) is 5.56 Å². The van der Waals surface area contributed by atoms with Crippen LogP contribution in [0, 0.1) is 0 Å². The zero-order valence-electron chi connectivity index (χ0n) is 17.2. The minimum absolute atomic E-state index is 0.0674. The molecule has 0 radical (unpaired) electrons. The lowest BCUT2D eigenvalue weighted by Gasteiger charge is -2.18. The Hall–Kier alpha value is -3.48. The number of ether oxygens (including phenoxy) is 2. The molecule has 0 amide bonds. The molecule has 3 rings (SSSR count). The van der Waals surface area contributed by atoms with E-state index in [9.17, 15) is 9.59 Å². The molecule has 1 heterocycles. The first kappa shape index (κ1) is 21.2. The molecule has 0 aliphatic carbocycles. The summed E-state index contributed by atoms with van der Waals surface area (Å²) < 4.78 is 16.4. The first-order chi connectivity index (χ1) is 14.3. The SMILES string of the molecule is CC(C)(C)OC(=O)Cc1nnc(C(C(=O)OCc2ccccc2)c2ccccc2)o1. The zero-order chi connectivity index (χ0) is 21.6. The van der Waals surface area contributed by atoms with Crippen LogP contribution >= 0.6 is 0 Å². The second-order valence-corrected chi connectivity index (χ2v) is 7.73. The van der Waals surface area contributed by atoms with Crippen LogP contribution in [0.15, 0.2) is 65.1 Å². The minimum atomic E-state index is -0.894. The van der Waals surface area contributed by atoms with Crippen molar-refractivity contribution >= 4 is 11.9 Å². The topological polar surface area (TPSA) is 91.5 Å². The van der Waals surface area contributed by atoms with Gasteiger partial charge in [-0.3, -0.25) is 9.59 Å². The van der Waals surface area contributed by atoms with Crippen LogP contribution in [0.2, 0.25) is 0 Å². The number of nitrogens with zero attached hydrogens (tertiary/aromatic N) is 2. The van der Waals surface area contributed by atoms with E-state index in [1.807, 2.05) is 48.5 Å². The van der Waals surface area contributed by atoms with Crippen LogP contribution in [0.3, 0.4) is 0 Å². The van der Waals surface area contributed by atoms with Crippen LogP contribution in [0.25, 0.3) is 0 Å². The predicted octanol–water partition coefficient (Wildman–Crippen LogP) is 3.83. The summed E-state index contributed by atoms with van der Waals surface area (Å²) in [5.41, 5.74) is 0.908. The molecule has 3 aromatic rings. The van der Waals surface area contributed by atoms with Gasteiger partial charge in [0.05, 0.1) is 0 Å². The average molecular weight is 408 g/mol. The monoisotopic (exact) mass is 408 g/mol. The molecule has 0 aliphatic rings. The fourth-order valence-corrected chi connectivity index (χ4v) is 2.79. The molecule has 0 N–H and O–H groups in total.